The molecule has 2 aromatic rings. The minimum Gasteiger partial charge on any atom is -0.480 e. The number of aliphatic carboxylic acids is 1. The Balaban J connectivity index is 2.37. The Labute approximate surface area is 146 Å². The molecule has 0 fully saturated rings. The monoisotopic (exact) mass is 364 g/mol. The first kappa shape index (κ1) is 18.7. The molecule has 0 radical (unpaired) electrons. The normalized spacial score (nSPS) is 12.6. The highest BCUT2D eigenvalue weighted by Gasteiger charge is 2.23. The van der Waals surface area contributed by atoms with Crippen molar-refractivity contribution >= 4 is 21.7 Å². The molecule has 2 N–H and O–H groups in total. The van der Waals surface area contributed by atoms with Gasteiger partial charge in [0.1, 0.15) is 11.7 Å². The predicted octanol–water partition coefficient (Wildman–Crippen LogP) is 2.13. The third-order valence-corrected chi connectivity index (χ3v) is 5.01. The van der Waals surface area contributed by atoms with Crippen LogP contribution in [0.1, 0.15) is 30.6 Å². The third kappa shape index (κ3) is 4.48. The second-order valence-corrected chi connectivity index (χ2v) is 7.39. The number of sulfonamides is 1. The van der Waals surface area contributed by atoms with Gasteiger partial charge in [-0.3, -0.25) is 14.1 Å². The van der Waals surface area contributed by atoms with Crippen molar-refractivity contribution in [3.05, 3.63) is 64.1 Å². The lowest BCUT2D eigenvalue weighted by atomic mass is 10.2. The fourth-order valence-corrected chi connectivity index (χ4v) is 3.77. The van der Waals surface area contributed by atoms with Crippen LogP contribution in [0.5, 0.6) is 0 Å². The molecule has 8 heteroatoms. The topological polar surface area (TPSA) is 105 Å². The maximum atomic E-state index is 12.6. The number of hydrogen-bond donors (Lipinski definition) is 2. The highest BCUT2D eigenvalue weighted by Crippen LogP contribution is 2.16. The van der Waals surface area contributed by atoms with Crippen LogP contribution in [-0.4, -0.2) is 24.1 Å². The summed E-state index contributed by atoms with van der Waals surface area (Å²) < 4.78 is 28.0. The molecule has 1 unspecified atom stereocenters. The molecular weight excluding hydrogens is 344 g/mol. The Morgan fingerprint density at radius 1 is 1.20 bits per heavy atom. The summed E-state index contributed by atoms with van der Waals surface area (Å²) in [5, 5.41) is 9.30. The molecule has 0 aliphatic carbocycles. The van der Waals surface area contributed by atoms with Crippen LogP contribution in [0.3, 0.4) is 0 Å². The Morgan fingerprint density at radius 2 is 1.84 bits per heavy atom. The summed E-state index contributed by atoms with van der Waals surface area (Å²) in [6, 6.07) is 10.4. The molecule has 1 heterocycles. The van der Waals surface area contributed by atoms with E-state index in [1.165, 1.54) is 12.1 Å². The second kappa shape index (κ2) is 7.52. The van der Waals surface area contributed by atoms with Gasteiger partial charge in [-0.15, -0.1) is 0 Å². The lowest BCUT2D eigenvalue weighted by Crippen LogP contribution is -2.33. The van der Waals surface area contributed by atoms with E-state index in [1.807, 2.05) is 0 Å². The van der Waals surface area contributed by atoms with Gasteiger partial charge in [-0.2, -0.15) is 0 Å². The summed E-state index contributed by atoms with van der Waals surface area (Å²) in [6.07, 6.45) is 0.205. The number of aryl methyl sites for hydroxylation is 1. The number of benzene rings is 1. The smallest absolute Gasteiger partial charge is 0.326 e. The molecule has 0 spiro atoms. The molecule has 134 valence electrons. The molecule has 0 bridgehead atoms. The van der Waals surface area contributed by atoms with Gasteiger partial charge in [-0.1, -0.05) is 37.3 Å². The molecule has 25 heavy (non-hydrogen) atoms. The van der Waals surface area contributed by atoms with Crippen molar-refractivity contribution in [3.8, 4) is 0 Å². The molecule has 0 amide bonds. The quantitative estimate of drug-likeness (QED) is 0.783. The summed E-state index contributed by atoms with van der Waals surface area (Å²) in [4.78, 5) is 24.0. The number of pyridine rings is 1. The van der Waals surface area contributed by atoms with Gasteiger partial charge >= 0.3 is 5.97 Å². The fraction of sp³-hybridized carbons (Fsp3) is 0.294. The van der Waals surface area contributed by atoms with E-state index in [1.54, 1.807) is 44.2 Å². The lowest BCUT2D eigenvalue weighted by Gasteiger charge is -2.18. The maximum Gasteiger partial charge on any atom is 0.326 e. The van der Waals surface area contributed by atoms with E-state index >= 15 is 0 Å². The van der Waals surface area contributed by atoms with Crippen LogP contribution in [0.4, 0.5) is 5.69 Å². The van der Waals surface area contributed by atoms with Crippen molar-refractivity contribution < 1.29 is 18.3 Å². The van der Waals surface area contributed by atoms with Crippen molar-refractivity contribution in [2.24, 2.45) is 0 Å². The first-order valence-corrected chi connectivity index (χ1v) is 9.39. The minimum absolute atomic E-state index is 0.166. The van der Waals surface area contributed by atoms with Crippen molar-refractivity contribution in [3.63, 3.8) is 0 Å². The van der Waals surface area contributed by atoms with Gasteiger partial charge in [-0.25, -0.2) is 13.2 Å². The van der Waals surface area contributed by atoms with Crippen molar-refractivity contribution in [1.29, 1.82) is 0 Å². The van der Waals surface area contributed by atoms with E-state index < -0.39 is 27.6 Å². The van der Waals surface area contributed by atoms with Gasteiger partial charge < -0.3 is 5.11 Å². The zero-order valence-electron chi connectivity index (χ0n) is 14.0. The van der Waals surface area contributed by atoms with Gasteiger partial charge in [-0.05, 0) is 31.0 Å². The molecule has 0 aliphatic rings. The van der Waals surface area contributed by atoms with Crippen LogP contribution in [0.15, 0.2) is 47.3 Å². The molecule has 1 atom stereocenters. The van der Waals surface area contributed by atoms with Gasteiger partial charge in [0, 0.05) is 5.69 Å². The SMILES string of the molecule is CCC(C(=O)O)n1c(C)ccc(NS(=O)(=O)Cc2ccccc2)c1=O. The highest BCUT2D eigenvalue weighted by atomic mass is 32.2. The highest BCUT2D eigenvalue weighted by molar-refractivity contribution is 7.91. The number of nitrogens with one attached hydrogen (secondary N) is 1. The number of hydrogen-bond acceptors (Lipinski definition) is 4. The number of rotatable bonds is 7. The van der Waals surface area contributed by atoms with Crippen LogP contribution in [0.25, 0.3) is 0 Å². The Morgan fingerprint density at radius 3 is 2.40 bits per heavy atom. The van der Waals surface area contributed by atoms with Crippen LogP contribution >= 0.6 is 0 Å². The number of anilines is 1. The van der Waals surface area contributed by atoms with Crippen molar-refractivity contribution in [1.82, 2.24) is 4.57 Å². The fourth-order valence-electron chi connectivity index (χ4n) is 2.58. The van der Waals surface area contributed by atoms with Gasteiger partial charge in [0.05, 0.1) is 5.75 Å². The number of nitrogens with zero attached hydrogens (tertiary/aromatic N) is 1. The number of aromatic nitrogens is 1. The van der Waals surface area contributed by atoms with Crippen molar-refractivity contribution in [2.75, 3.05) is 4.72 Å². The number of carboxylic acid groups (broad SMARTS) is 1. The summed E-state index contributed by atoms with van der Waals surface area (Å²) in [6.45, 7) is 3.26. The molecule has 1 aromatic carbocycles. The average Bonchev–Trinajstić information content (AvgIpc) is 2.54. The molecule has 0 saturated heterocycles. The average molecular weight is 364 g/mol. The van der Waals surface area contributed by atoms with Crippen LogP contribution in [0, 0.1) is 6.92 Å². The van der Waals surface area contributed by atoms with Crippen LogP contribution in [0.2, 0.25) is 0 Å². The van der Waals surface area contributed by atoms with E-state index in [4.69, 9.17) is 0 Å². The maximum absolute atomic E-state index is 12.6. The van der Waals surface area contributed by atoms with Crippen LogP contribution in [-0.2, 0) is 20.6 Å². The Kier molecular flexibility index (Phi) is 5.63. The van der Waals surface area contributed by atoms with E-state index in [2.05, 4.69) is 4.72 Å². The van der Waals surface area contributed by atoms with E-state index in [9.17, 15) is 23.1 Å². The number of carbonyl (C=O) groups is 1. The van der Waals surface area contributed by atoms with Crippen molar-refractivity contribution in [2.45, 2.75) is 32.1 Å². The first-order valence-electron chi connectivity index (χ1n) is 7.74. The molecule has 2 rings (SSSR count). The Bertz CT molecular complexity index is 920. The van der Waals surface area contributed by atoms with E-state index in [-0.39, 0.29) is 17.9 Å². The number of carboxylic acids is 1. The van der Waals surface area contributed by atoms with E-state index in [0.29, 0.717) is 11.3 Å². The van der Waals surface area contributed by atoms with E-state index in [0.717, 1.165) is 4.57 Å². The van der Waals surface area contributed by atoms with Gasteiger partial charge in [0.15, 0.2) is 0 Å². The predicted molar refractivity (Wildman–Crippen MR) is 95.1 cm³/mol. The summed E-state index contributed by atoms with van der Waals surface area (Å²) in [7, 11) is -3.80. The minimum atomic E-state index is -3.80. The van der Waals surface area contributed by atoms with Gasteiger partial charge in [0.2, 0.25) is 10.0 Å². The molecule has 0 saturated carbocycles. The second-order valence-electron chi connectivity index (χ2n) is 5.67. The standard InChI is InChI=1S/C17H20N2O5S/c1-3-15(17(21)22)19-12(2)9-10-14(16(19)20)18-25(23,24)11-13-7-5-4-6-8-13/h4-10,15,18H,3,11H2,1-2H3,(H,21,22). The third-order valence-electron chi connectivity index (χ3n) is 3.77. The Hall–Kier alpha value is -2.61. The first-order chi connectivity index (χ1) is 11.7. The molecule has 0 aliphatic heterocycles. The zero-order chi connectivity index (χ0) is 18.6. The summed E-state index contributed by atoms with van der Waals surface area (Å²) in [5.74, 6) is -1.42. The lowest BCUT2D eigenvalue weighted by molar-refractivity contribution is -0.141. The van der Waals surface area contributed by atoms with Gasteiger partial charge in [0.25, 0.3) is 5.56 Å². The zero-order valence-corrected chi connectivity index (χ0v) is 14.8. The van der Waals surface area contributed by atoms with Crippen LogP contribution < -0.4 is 10.3 Å². The molecule has 7 nitrogen and oxygen atoms in total. The largest absolute Gasteiger partial charge is 0.480 e. The summed E-state index contributed by atoms with van der Waals surface area (Å²) in [5.41, 5.74) is 0.191. The summed E-state index contributed by atoms with van der Waals surface area (Å²) >= 11 is 0. The molecular formula is C17H20N2O5S. The molecule has 1 aromatic heterocycles.